The molecule has 0 saturated heterocycles. The highest BCUT2D eigenvalue weighted by Gasteiger charge is 2.15. The molecule has 0 fully saturated rings. The summed E-state index contributed by atoms with van der Waals surface area (Å²) in [7, 11) is 0. The lowest BCUT2D eigenvalue weighted by atomic mass is 9.93. The van der Waals surface area contributed by atoms with Crippen molar-refractivity contribution in [3.8, 4) is 0 Å². The summed E-state index contributed by atoms with van der Waals surface area (Å²) < 4.78 is 0. The van der Waals surface area contributed by atoms with Gasteiger partial charge in [-0.1, -0.05) is 71.9 Å². The van der Waals surface area contributed by atoms with Gasteiger partial charge in [-0.2, -0.15) is 0 Å². The molecule has 2 N–H and O–H groups in total. The zero-order valence-corrected chi connectivity index (χ0v) is 16.1. The number of hydrogen-bond acceptors (Lipinski definition) is 2. The van der Waals surface area contributed by atoms with Crippen LogP contribution in [0.15, 0.2) is 82.6 Å². The van der Waals surface area contributed by atoms with E-state index in [0.717, 1.165) is 11.4 Å². The molecule has 0 radical (unpaired) electrons. The smallest absolute Gasteiger partial charge is 0.0406 e. The number of rotatable bonds is 4. The lowest BCUT2D eigenvalue weighted by Crippen LogP contribution is -2.18. The molecule has 0 bridgehead atoms. The third kappa shape index (κ3) is 3.33. The van der Waals surface area contributed by atoms with Gasteiger partial charge in [-0.3, -0.25) is 0 Å². The molecule has 0 saturated carbocycles. The van der Waals surface area contributed by atoms with Crippen molar-refractivity contribution in [2.24, 2.45) is 5.73 Å². The summed E-state index contributed by atoms with van der Waals surface area (Å²) in [5.74, 6) is 0. The summed E-state index contributed by atoms with van der Waals surface area (Å²) in [6, 6.07) is 25.5. The second-order valence-electron chi connectivity index (χ2n) is 6.64. The van der Waals surface area contributed by atoms with Crippen LogP contribution in [0.25, 0.3) is 21.5 Å². The summed E-state index contributed by atoms with van der Waals surface area (Å²) >= 11 is 7.85. The Kier molecular flexibility index (Phi) is 4.90. The van der Waals surface area contributed by atoms with Gasteiger partial charge in [-0.15, -0.1) is 0 Å². The van der Waals surface area contributed by atoms with E-state index >= 15 is 0 Å². The van der Waals surface area contributed by atoms with Crippen LogP contribution in [-0.4, -0.2) is 6.04 Å². The fraction of sp³-hybridized carbons (Fsp3) is 0.130. The first-order chi connectivity index (χ1) is 12.6. The van der Waals surface area contributed by atoms with Gasteiger partial charge in [0.15, 0.2) is 0 Å². The Balaban J connectivity index is 2.00. The zero-order valence-electron chi connectivity index (χ0n) is 14.6. The molecule has 0 aliphatic rings. The van der Waals surface area contributed by atoms with Crippen LogP contribution in [0.4, 0.5) is 0 Å². The molecule has 0 aromatic heterocycles. The van der Waals surface area contributed by atoms with E-state index in [2.05, 4.69) is 67.6 Å². The average molecular weight is 378 g/mol. The van der Waals surface area contributed by atoms with Gasteiger partial charge < -0.3 is 5.73 Å². The molecule has 1 unspecified atom stereocenters. The molecular formula is C23H20ClNS. The van der Waals surface area contributed by atoms with Gasteiger partial charge >= 0.3 is 0 Å². The van der Waals surface area contributed by atoms with Crippen LogP contribution < -0.4 is 5.73 Å². The molecule has 130 valence electrons. The van der Waals surface area contributed by atoms with E-state index < -0.39 is 0 Å². The van der Waals surface area contributed by atoms with E-state index in [9.17, 15) is 0 Å². The number of fused-ring (bicyclic) bond motifs is 2. The minimum atomic E-state index is 0.122. The van der Waals surface area contributed by atoms with Gasteiger partial charge in [0.25, 0.3) is 0 Å². The number of hydrogen-bond donors (Lipinski definition) is 1. The van der Waals surface area contributed by atoms with Crippen molar-refractivity contribution in [2.45, 2.75) is 29.2 Å². The number of nitrogens with two attached hydrogens (primary N) is 1. The van der Waals surface area contributed by atoms with Crippen molar-refractivity contribution in [3.63, 3.8) is 0 Å². The maximum atomic E-state index is 6.16. The molecule has 0 aliphatic carbocycles. The molecule has 0 aliphatic heterocycles. The van der Waals surface area contributed by atoms with E-state index in [4.69, 9.17) is 17.3 Å². The molecule has 0 spiro atoms. The van der Waals surface area contributed by atoms with Crippen LogP contribution in [0.5, 0.6) is 0 Å². The molecule has 0 amide bonds. The van der Waals surface area contributed by atoms with E-state index in [0.29, 0.717) is 0 Å². The monoisotopic (exact) mass is 377 g/mol. The zero-order chi connectivity index (χ0) is 18.1. The molecule has 4 aromatic rings. The number of benzene rings is 4. The van der Waals surface area contributed by atoms with Crippen LogP contribution in [0.3, 0.4) is 0 Å². The lowest BCUT2D eigenvalue weighted by Gasteiger charge is -2.17. The van der Waals surface area contributed by atoms with E-state index in [1.54, 1.807) is 11.8 Å². The fourth-order valence-corrected chi connectivity index (χ4v) is 4.66. The SMILES string of the molecule is CC(N)Cc1c2ccccc2c(Sc2ccc(Cl)cc2)c2ccccc12. The van der Waals surface area contributed by atoms with Crippen molar-refractivity contribution < 1.29 is 0 Å². The molecule has 1 atom stereocenters. The topological polar surface area (TPSA) is 26.0 Å². The molecular weight excluding hydrogens is 358 g/mol. The third-order valence-corrected chi connectivity index (χ3v) is 5.96. The van der Waals surface area contributed by atoms with Crippen LogP contribution in [-0.2, 0) is 6.42 Å². The molecule has 0 heterocycles. The Bertz CT molecular complexity index is 1010. The fourth-order valence-electron chi connectivity index (χ4n) is 3.45. The first kappa shape index (κ1) is 17.4. The summed E-state index contributed by atoms with van der Waals surface area (Å²) in [4.78, 5) is 2.47. The standard InChI is InChI=1S/C23H20ClNS/c1-15(25)14-22-18-6-2-4-8-20(18)23(21-9-5-3-7-19(21)22)26-17-12-10-16(24)11-13-17/h2-13,15H,14,25H2,1H3. The highest BCUT2D eigenvalue weighted by molar-refractivity contribution is 7.99. The van der Waals surface area contributed by atoms with Gasteiger partial charge in [0.2, 0.25) is 0 Å². The first-order valence-electron chi connectivity index (χ1n) is 8.75. The second-order valence-corrected chi connectivity index (χ2v) is 8.16. The van der Waals surface area contributed by atoms with Crippen LogP contribution in [0, 0.1) is 0 Å². The Hall–Kier alpha value is -2.00. The van der Waals surface area contributed by atoms with Crippen LogP contribution >= 0.6 is 23.4 Å². The van der Waals surface area contributed by atoms with Gasteiger partial charge in [0.1, 0.15) is 0 Å². The Morgan fingerprint density at radius 1 is 0.808 bits per heavy atom. The summed E-state index contributed by atoms with van der Waals surface area (Å²) in [5.41, 5.74) is 7.50. The minimum Gasteiger partial charge on any atom is -0.328 e. The van der Waals surface area contributed by atoms with E-state index in [-0.39, 0.29) is 6.04 Å². The molecule has 4 aromatic carbocycles. The molecule has 1 nitrogen and oxygen atoms in total. The minimum absolute atomic E-state index is 0.122. The molecule has 26 heavy (non-hydrogen) atoms. The Morgan fingerprint density at radius 3 is 1.81 bits per heavy atom. The van der Waals surface area contributed by atoms with Gasteiger partial charge in [0, 0.05) is 20.9 Å². The normalized spacial score (nSPS) is 12.6. The second kappa shape index (κ2) is 7.32. The predicted octanol–water partition coefficient (Wildman–Crippen LogP) is 6.69. The first-order valence-corrected chi connectivity index (χ1v) is 9.94. The summed E-state index contributed by atoms with van der Waals surface area (Å²) in [6.07, 6.45) is 0.868. The van der Waals surface area contributed by atoms with Crippen LogP contribution in [0.2, 0.25) is 5.02 Å². The van der Waals surface area contributed by atoms with Crippen molar-refractivity contribution >= 4 is 44.9 Å². The predicted molar refractivity (Wildman–Crippen MR) is 114 cm³/mol. The molecule has 4 rings (SSSR count). The highest BCUT2D eigenvalue weighted by Crippen LogP contribution is 2.42. The number of halogens is 1. The van der Waals surface area contributed by atoms with Gasteiger partial charge in [0.05, 0.1) is 0 Å². The Labute approximate surface area is 163 Å². The maximum Gasteiger partial charge on any atom is 0.0406 e. The molecule has 3 heteroatoms. The Morgan fingerprint density at radius 2 is 1.31 bits per heavy atom. The van der Waals surface area contributed by atoms with Gasteiger partial charge in [-0.05, 0) is 64.7 Å². The highest BCUT2D eigenvalue weighted by atomic mass is 35.5. The van der Waals surface area contributed by atoms with E-state index in [1.165, 1.54) is 36.9 Å². The van der Waals surface area contributed by atoms with Crippen molar-refractivity contribution in [3.05, 3.63) is 83.4 Å². The van der Waals surface area contributed by atoms with Crippen molar-refractivity contribution in [1.82, 2.24) is 0 Å². The summed E-state index contributed by atoms with van der Waals surface area (Å²) in [6.45, 7) is 2.07. The van der Waals surface area contributed by atoms with Crippen molar-refractivity contribution in [2.75, 3.05) is 0 Å². The average Bonchev–Trinajstić information content (AvgIpc) is 2.65. The lowest BCUT2D eigenvalue weighted by molar-refractivity contribution is 0.745. The largest absolute Gasteiger partial charge is 0.328 e. The van der Waals surface area contributed by atoms with Crippen LogP contribution in [0.1, 0.15) is 12.5 Å². The maximum absolute atomic E-state index is 6.16. The quantitative estimate of drug-likeness (QED) is 0.401. The third-order valence-electron chi connectivity index (χ3n) is 4.55. The van der Waals surface area contributed by atoms with E-state index in [1.807, 2.05) is 12.1 Å². The van der Waals surface area contributed by atoms with Crippen molar-refractivity contribution in [1.29, 1.82) is 0 Å². The van der Waals surface area contributed by atoms with Gasteiger partial charge in [-0.25, -0.2) is 0 Å². The summed E-state index contributed by atoms with van der Waals surface area (Å²) in [5, 5.41) is 5.90.